The topological polar surface area (TPSA) is 0 Å². The number of hydrogen-bond acceptors (Lipinski definition) is 0. The van der Waals surface area contributed by atoms with Crippen molar-refractivity contribution in [2.75, 3.05) is 0 Å². The second-order valence-electron chi connectivity index (χ2n) is 2.44. The first-order chi connectivity index (χ1) is 6.68. The minimum atomic E-state index is -5.54. The van der Waals surface area contributed by atoms with Gasteiger partial charge in [-0.3, -0.25) is 0 Å². The molecule has 15 heavy (non-hydrogen) atoms. The third kappa shape index (κ3) is 1.88. The van der Waals surface area contributed by atoms with Crippen LogP contribution in [0.4, 0.5) is 30.7 Å². The summed E-state index contributed by atoms with van der Waals surface area (Å²) in [7, 11) is 0. The number of rotatable bonds is 0. The van der Waals surface area contributed by atoms with Gasteiger partial charge in [-0.2, -0.15) is 13.2 Å². The number of hydrogen-bond donors (Lipinski definition) is 0. The van der Waals surface area contributed by atoms with Crippen LogP contribution in [-0.4, -0.2) is 0 Å². The van der Waals surface area contributed by atoms with E-state index in [9.17, 15) is 30.7 Å². The lowest BCUT2D eigenvalue weighted by molar-refractivity contribution is -0.143. The molecule has 1 aromatic rings. The molecule has 0 radical (unpaired) electrons. The van der Waals surface area contributed by atoms with Crippen molar-refractivity contribution in [2.45, 2.75) is 6.18 Å². The Morgan fingerprint density at radius 2 is 1.07 bits per heavy atom. The van der Waals surface area contributed by atoms with Crippen molar-refractivity contribution in [1.29, 1.82) is 0 Å². The van der Waals surface area contributed by atoms with E-state index in [-0.39, 0.29) is 0 Å². The maximum Gasteiger partial charge on any atom is 0.422 e. The molecule has 0 saturated heterocycles. The number of halogens is 8. The lowest BCUT2D eigenvalue weighted by atomic mass is 10.1. The molecule has 0 heterocycles. The van der Waals surface area contributed by atoms with Crippen molar-refractivity contribution >= 4 is 11.6 Å². The van der Waals surface area contributed by atoms with E-state index in [1.54, 1.807) is 0 Å². The minimum Gasteiger partial charge on any atom is -0.203 e. The minimum absolute atomic E-state index is 1.65. The lowest BCUT2D eigenvalue weighted by Gasteiger charge is -2.11. The fraction of sp³-hybridized carbons (Fsp3) is 0.143. The van der Waals surface area contributed by atoms with Crippen molar-refractivity contribution in [3.8, 4) is 0 Å². The molecule has 0 aliphatic carbocycles. The summed E-state index contributed by atoms with van der Waals surface area (Å²) in [4.78, 5) is 0. The summed E-state index contributed by atoms with van der Waals surface area (Å²) in [6.45, 7) is 0. The molecule has 0 fully saturated rings. The van der Waals surface area contributed by atoms with E-state index in [0.717, 1.165) is 0 Å². The van der Waals surface area contributed by atoms with E-state index in [0.29, 0.717) is 0 Å². The molecule has 1 aromatic carbocycles. The van der Waals surface area contributed by atoms with Crippen molar-refractivity contribution < 1.29 is 30.7 Å². The van der Waals surface area contributed by atoms with Gasteiger partial charge in [-0.05, 0) is 0 Å². The van der Waals surface area contributed by atoms with Crippen LogP contribution in [0, 0.1) is 23.3 Å². The standard InChI is InChI=1S/C7ClF7/c8-2-5(11)3(9)1(7(13,14)15)4(10)6(2)12. The molecule has 0 aliphatic rings. The molecule has 84 valence electrons. The van der Waals surface area contributed by atoms with Crippen LogP contribution in [0.3, 0.4) is 0 Å². The van der Waals surface area contributed by atoms with Crippen molar-refractivity contribution in [3.05, 3.63) is 33.9 Å². The average Bonchev–Trinajstić information content (AvgIpc) is 2.09. The molecule has 0 saturated carbocycles. The molecule has 0 bridgehead atoms. The van der Waals surface area contributed by atoms with Gasteiger partial charge in [-0.15, -0.1) is 0 Å². The quantitative estimate of drug-likeness (QED) is 0.373. The highest BCUT2D eigenvalue weighted by Crippen LogP contribution is 2.37. The zero-order valence-corrected chi connectivity index (χ0v) is 7.28. The second kappa shape index (κ2) is 3.55. The number of alkyl halides is 3. The van der Waals surface area contributed by atoms with Crippen LogP contribution in [0.25, 0.3) is 0 Å². The summed E-state index contributed by atoms with van der Waals surface area (Å²) < 4.78 is 86.2. The summed E-state index contributed by atoms with van der Waals surface area (Å²) in [5.41, 5.74) is -2.64. The molecule has 0 amide bonds. The van der Waals surface area contributed by atoms with Crippen molar-refractivity contribution in [2.24, 2.45) is 0 Å². The predicted molar refractivity (Wildman–Crippen MR) is 36.3 cm³/mol. The van der Waals surface area contributed by atoms with Gasteiger partial charge in [0.2, 0.25) is 0 Å². The highest BCUT2D eigenvalue weighted by atomic mass is 35.5. The molecule has 0 aliphatic heterocycles. The van der Waals surface area contributed by atoms with Gasteiger partial charge in [0.15, 0.2) is 23.3 Å². The molecule has 0 aromatic heterocycles. The first-order valence-corrected chi connectivity index (χ1v) is 3.64. The van der Waals surface area contributed by atoms with Crippen LogP contribution < -0.4 is 0 Å². The first-order valence-electron chi connectivity index (χ1n) is 3.26. The molecule has 0 spiro atoms. The molecule has 8 heteroatoms. The second-order valence-corrected chi connectivity index (χ2v) is 2.82. The van der Waals surface area contributed by atoms with Gasteiger partial charge in [0.05, 0.1) is 0 Å². The van der Waals surface area contributed by atoms with Gasteiger partial charge in [0, 0.05) is 0 Å². The maximum absolute atomic E-state index is 12.6. The van der Waals surface area contributed by atoms with Gasteiger partial charge in [0.25, 0.3) is 0 Å². The summed E-state index contributed by atoms with van der Waals surface area (Å²) >= 11 is 4.71. The third-order valence-electron chi connectivity index (χ3n) is 1.49. The zero-order chi connectivity index (χ0) is 12.0. The van der Waals surface area contributed by atoms with Gasteiger partial charge < -0.3 is 0 Å². The monoisotopic (exact) mass is 252 g/mol. The van der Waals surface area contributed by atoms with Gasteiger partial charge in [0.1, 0.15) is 10.6 Å². The van der Waals surface area contributed by atoms with Gasteiger partial charge in [-0.25, -0.2) is 17.6 Å². The third-order valence-corrected chi connectivity index (χ3v) is 1.83. The van der Waals surface area contributed by atoms with Crippen LogP contribution in [0.5, 0.6) is 0 Å². The van der Waals surface area contributed by atoms with Gasteiger partial charge in [-0.1, -0.05) is 11.6 Å². The SMILES string of the molecule is Fc1c(F)c(C(F)(F)F)c(F)c(F)c1Cl. The van der Waals surface area contributed by atoms with E-state index in [1.165, 1.54) is 0 Å². The van der Waals surface area contributed by atoms with Crippen LogP contribution >= 0.6 is 11.6 Å². The van der Waals surface area contributed by atoms with E-state index in [1.807, 2.05) is 0 Å². The fourth-order valence-electron chi connectivity index (χ4n) is 0.854. The van der Waals surface area contributed by atoms with Crippen LogP contribution in [0.15, 0.2) is 0 Å². The largest absolute Gasteiger partial charge is 0.422 e. The lowest BCUT2D eigenvalue weighted by Crippen LogP contribution is -2.15. The molecular formula is C7ClF7. The van der Waals surface area contributed by atoms with E-state index in [2.05, 4.69) is 0 Å². The van der Waals surface area contributed by atoms with Gasteiger partial charge >= 0.3 is 6.18 Å². The zero-order valence-electron chi connectivity index (χ0n) is 6.52. The van der Waals surface area contributed by atoms with E-state index < -0.39 is 40.0 Å². The highest BCUT2D eigenvalue weighted by molar-refractivity contribution is 6.30. The average molecular weight is 253 g/mol. The van der Waals surface area contributed by atoms with E-state index in [4.69, 9.17) is 11.6 Å². The molecular weight excluding hydrogens is 253 g/mol. The Morgan fingerprint density at radius 3 is 1.33 bits per heavy atom. The fourth-order valence-corrected chi connectivity index (χ4v) is 1.02. The summed E-state index contributed by atoms with van der Waals surface area (Å²) in [5.74, 6) is -9.68. The van der Waals surface area contributed by atoms with Crippen molar-refractivity contribution in [1.82, 2.24) is 0 Å². The Hall–Kier alpha value is -0.980. The van der Waals surface area contributed by atoms with Crippen LogP contribution in [-0.2, 0) is 6.18 Å². The maximum atomic E-state index is 12.6. The highest BCUT2D eigenvalue weighted by Gasteiger charge is 2.42. The molecule has 0 atom stereocenters. The Labute approximate surface area is 83.3 Å². The smallest absolute Gasteiger partial charge is 0.203 e. The Morgan fingerprint density at radius 1 is 0.733 bits per heavy atom. The Balaban J connectivity index is 3.68. The van der Waals surface area contributed by atoms with Crippen LogP contribution in [0.2, 0.25) is 5.02 Å². The normalized spacial score (nSPS) is 12.0. The summed E-state index contributed by atoms with van der Waals surface area (Å²) in [6.07, 6.45) is -5.54. The predicted octanol–water partition coefficient (Wildman–Crippen LogP) is 3.92. The molecule has 1 rings (SSSR count). The van der Waals surface area contributed by atoms with Crippen LogP contribution in [0.1, 0.15) is 5.56 Å². The summed E-state index contributed by atoms with van der Waals surface area (Å²) in [5, 5.41) is -1.65. The summed E-state index contributed by atoms with van der Waals surface area (Å²) in [6, 6.07) is 0. The van der Waals surface area contributed by atoms with Crippen molar-refractivity contribution in [3.63, 3.8) is 0 Å². The molecule has 0 unspecified atom stereocenters. The number of benzene rings is 1. The molecule has 0 N–H and O–H groups in total. The Bertz CT molecular complexity index is 380. The first kappa shape index (κ1) is 12.1. The Kier molecular flexibility index (Phi) is 2.86. The van der Waals surface area contributed by atoms with E-state index >= 15 is 0 Å². The molecule has 0 nitrogen and oxygen atoms in total.